The minimum atomic E-state index is 1.20. The highest BCUT2D eigenvalue weighted by Crippen LogP contribution is 2.02. The first-order valence-corrected chi connectivity index (χ1v) is 3.42. The summed E-state index contributed by atoms with van der Waals surface area (Å²) in [6.45, 7) is 6.94. The lowest BCUT2D eigenvalue weighted by Crippen LogP contribution is -2.11. The summed E-state index contributed by atoms with van der Waals surface area (Å²) in [5.41, 5.74) is 1.58. The molecule has 0 atom stereocenters. The van der Waals surface area contributed by atoms with Gasteiger partial charge in [0, 0.05) is 19.8 Å². The fourth-order valence-corrected chi connectivity index (χ4v) is 1.30. The lowest BCUT2D eigenvalue weighted by molar-refractivity contribution is -0.516. The van der Waals surface area contributed by atoms with Crippen LogP contribution in [-0.2, 0) is 0 Å². The van der Waals surface area contributed by atoms with E-state index in [1.165, 1.54) is 25.9 Å². The van der Waals surface area contributed by atoms with E-state index in [4.69, 9.17) is 0 Å². The molecule has 8 heavy (non-hydrogen) atoms. The van der Waals surface area contributed by atoms with Gasteiger partial charge in [0.15, 0.2) is 0 Å². The second-order valence-corrected chi connectivity index (χ2v) is 2.42. The largest absolute Gasteiger partial charge is 0.238 e. The van der Waals surface area contributed by atoms with E-state index in [2.05, 4.69) is 18.4 Å². The van der Waals surface area contributed by atoms with Crippen LogP contribution in [0.3, 0.4) is 0 Å². The summed E-state index contributed by atoms with van der Waals surface area (Å²) in [4.78, 5) is 0. The molecular formula is C7H14N+. The van der Waals surface area contributed by atoms with Crippen molar-refractivity contribution in [2.45, 2.75) is 26.7 Å². The summed E-state index contributed by atoms with van der Waals surface area (Å²) in [6.07, 6.45) is 2.70. The Morgan fingerprint density at radius 2 is 2.38 bits per heavy atom. The van der Waals surface area contributed by atoms with Crippen LogP contribution >= 0.6 is 0 Å². The van der Waals surface area contributed by atoms with Crippen molar-refractivity contribution in [3.63, 3.8) is 0 Å². The van der Waals surface area contributed by atoms with Crippen molar-refractivity contribution in [1.82, 2.24) is 0 Å². The lowest BCUT2D eigenvalue weighted by Gasteiger charge is -1.90. The third kappa shape index (κ3) is 0.908. The van der Waals surface area contributed by atoms with Gasteiger partial charge in [-0.1, -0.05) is 0 Å². The minimum absolute atomic E-state index is 1.20. The van der Waals surface area contributed by atoms with Crippen molar-refractivity contribution in [2.24, 2.45) is 0 Å². The van der Waals surface area contributed by atoms with E-state index in [-0.39, 0.29) is 0 Å². The van der Waals surface area contributed by atoms with Gasteiger partial charge in [0.05, 0.1) is 0 Å². The highest BCUT2D eigenvalue weighted by atomic mass is 15.0. The Kier molecular flexibility index (Phi) is 1.66. The van der Waals surface area contributed by atoms with Gasteiger partial charge in [-0.25, -0.2) is 4.58 Å². The molecule has 0 aromatic heterocycles. The van der Waals surface area contributed by atoms with Crippen LogP contribution in [0.5, 0.6) is 0 Å². The SMILES string of the molecule is CC[N+]1=C(C)CCC1. The molecule has 1 heteroatoms. The molecule has 1 aliphatic heterocycles. The van der Waals surface area contributed by atoms with Gasteiger partial charge in [-0.3, -0.25) is 0 Å². The average Bonchev–Trinajstić information content (AvgIpc) is 2.14. The molecule has 0 aromatic carbocycles. The summed E-state index contributed by atoms with van der Waals surface area (Å²) in [6, 6.07) is 0. The smallest absolute Gasteiger partial charge is 0.149 e. The first kappa shape index (κ1) is 5.80. The predicted molar refractivity (Wildman–Crippen MR) is 35.6 cm³/mol. The third-order valence-corrected chi connectivity index (χ3v) is 1.89. The Hall–Kier alpha value is -0.330. The Morgan fingerprint density at radius 3 is 2.62 bits per heavy atom. The second kappa shape index (κ2) is 2.29. The molecule has 0 saturated carbocycles. The molecule has 1 nitrogen and oxygen atoms in total. The number of rotatable bonds is 1. The van der Waals surface area contributed by atoms with E-state index < -0.39 is 0 Å². The average molecular weight is 112 g/mol. The first-order chi connectivity index (χ1) is 3.84. The molecule has 0 radical (unpaired) electrons. The van der Waals surface area contributed by atoms with E-state index in [9.17, 15) is 0 Å². The number of hydrogen-bond acceptors (Lipinski definition) is 0. The van der Waals surface area contributed by atoms with Crippen molar-refractivity contribution in [2.75, 3.05) is 13.1 Å². The van der Waals surface area contributed by atoms with Crippen molar-refractivity contribution >= 4 is 5.71 Å². The minimum Gasteiger partial charge on any atom is -0.238 e. The highest BCUT2D eigenvalue weighted by molar-refractivity contribution is 5.77. The molecule has 46 valence electrons. The lowest BCUT2D eigenvalue weighted by atomic mass is 10.3. The van der Waals surface area contributed by atoms with E-state index >= 15 is 0 Å². The maximum atomic E-state index is 2.44. The topological polar surface area (TPSA) is 3.01 Å². The highest BCUT2D eigenvalue weighted by Gasteiger charge is 2.14. The molecule has 0 spiro atoms. The standard InChI is InChI=1S/C7H14N/c1-3-8-6-4-5-7(8)2/h3-6H2,1-2H3/q+1. The normalized spacial score (nSPS) is 20.2. The predicted octanol–water partition coefficient (Wildman–Crippen LogP) is 1.27. The van der Waals surface area contributed by atoms with Crippen LogP contribution in [0.1, 0.15) is 26.7 Å². The van der Waals surface area contributed by atoms with E-state index in [0.29, 0.717) is 0 Å². The van der Waals surface area contributed by atoms with E-state index in [1.54, 1.807) is 5.71 Å². The van der Waals surface area contributed by atoms with Crippen LogP contribution in [0.15, 0.2) is 0 Å². The van der Waals surface area contributed by atoms with Crippen molar-refractivity contribution in [3.8, 4) is 0 Å². The van der Waals surface area contributed by atoms with Crippen molar-refractivity contribution in [3.05, 3.63) is 0 Å². The summed E-state index contributed by atoms with van der Waals surface area (Å²) >= 11 is 0. The summed E-state index contributed by atoms with van der Waals surface area (Å²) in [7, 11) is 0. The Bertz CT molecular complexity index is 114. The third-order valence-electron chi connectivity index (χ3n) is 1.89. The number of nitrogens with zero attached hydrogens (tertiary/aromatic N) is 1. The molecule has 1 aliphatic rings. The van der Waals surface area contributed by atoms with Gasteiger partial charge in [-0.05, 0) is 6.92 Å². The molecule has 0 N–H and O–H groups in total. The molecule has 0 fully saturated rings. The fraction of sp³-hybridized carbons (Fsp3) is 0.857. The fourth-order valence-electron chi connectivity index (χ4n) is 1.30. The quantitative estimate of drug-likeness (QED) is 0.449. The Balaban J connectivity index is 2.58. The van der Waals surface area contributed by atoms with Crippen LogP contribution in [0.4, 0.5) is 0 Å². The van der Waals surface area contributed by atoms with Gasteiger partial charge in [0.25, 0.3) is 0 Å². The zero-order valence-electron chi connectivity index (χ0n) is 5.78. The molecule has 0 saturated heterocycles. The van der Waals surface area contributed by atoms with Gasteiger partial charge in [0.1, 0.15) is 18.8 Å². The van der Waals surface area contributed by atoms with Gasteiger partial charge >= 0.3 is 0 Å². The molecule has 1 rings (SSSR count). The van der Waals surface area contributed by atoms with Gasteiger partial charge in [-0.2, -0.15) is 0 Å². The molecule has 0 bridgehead atoms. The van der Waals surface area contributed by atoms with Crippen LogP contribution in [0, 0.1) is 0 Å². The van der Waals surface area contributed by atoms with Crippen LogP contribution in [0.25, 0.3) is 0 Å². The van der Waals surface area contributed by atoms with Gasteiger partial charge < -0.3 is 0 Å². The molecule has 0 aliphatic carbocycles. The van der Waals surface area contributed by atoms with Gasteiger partial charge in [-0.15, -0.1) is 0 Å². The first-order valence-electron chi connectivity index (χ1n) is 3.42. The molecular weight excluding hydrogens is 98.1 g/mol. The molecule has 0 unspecified atom stereocenters. The Morgan fingerprint density at radius 1 is 1.62 bits per heavy atom. The van der Waals surface area contributed by atoms with Crippen LogP contribution in [0.2, 0.25) is 0 Å². The summed E-state index contributed by atoms with van der Waals surface area (Å²) in [5, 5.41) is 0. The van der Waals surface area contributed by atoms with E-state index in [0.717, 1.165) is 0 Å². The number of hydrogen-bond donors (Lipinski definition) is 0. The van der Waals surface area contributed by atoms with Crippen LogP contribution in [-0.4, -0.2) is 23.4 Å². The summed E-state index contributed by atoms with van der Waals surface area (Å²) in [5.74, 6) is 0. The van der Waals surface area contributed by atoms with Gasteiger partial charge in [0.2, 0.25) is 0 Å². The summed E-state index contributed by atoms with van der Waals surface area (Å²) < 4.78 is 2.44. The van der Waals surface area contributed by atoms with Crippen molar-refractivity contribution in [1.29, 1.82) is 0 Å². The van der Waals surface area contributed by atoms with E-state index in [1.807, 2.05) is 0 Å². The van der Waals surface area contributed by atoms with Crippen LogP contribution < -0.4 is 0 Å². The Labute approximate surface area is 51.0 Å². The second-order valence-electron chi connectivity index (χ2n) is 2.42. The molecule has 0 amide bonds. The monoisotopic (exact) mass is 112 g/mol. The maximum absolute atomic E-state index is 2.44. The maximum Gasteiger partial charge on any atom is 0.149 e. The molecule has 0 aromatic rings. The molecule has 1 heterocycles. The zero-order valence-corrected chi connectivity index (χ0v) is 5.78. The zero-order chi connectivity index (χ0) is 5.98. The van der Waals surface area contributed by atoms with Crippen molar-refractivity contribution < 1.29 is 4.58 Å².